The van der Waals surface area contributed by atoms with Crippen LogP contribution in [0.3, 0.4) is 0 Å². The number of hydrogen-bond donors (Lipinski definition) is 1. The minimum absolute atomic E-state index is 0.122. The molecule has 0 spiro atoms. The van der Waals surface area contributed by atoms with E-state index in [9.17, 15) is 14.7 Å². The fraction of sp³-hybridized carbons (Fsp3) is 0.805. The third-order valence-electron chi connectivity index (χ3n) is 8.35. The molecule has 0 aliphatic heterocycles. The van der Waals surface area contributed by atoms with E-state index in [0.29, 0.717) is 12.8 Å². The molecule has 0 fully saturated rings. The molecule has 0 aliphatic rings. The van der Waals surface area contributed by atoms with E-state index in [2.05, 4.69) is 50.3 Å². The number of carbonyl (C=O) groups is 2. The summed E-state index contributed by atoms with van der Waals surface area (Å²) in [5.74, 6) is -0.582. The highest BCUT2D eigenvalue weighted by molar-refractivity contribution is 5.69. The predicted octanol–water partition coefficient (Wildman–Crippen LogP) is 12.1. The van der Waals surface area contributed by atoms with E-state index in [0.717, 1.165) is 51.4 Å². The van der Waals surface area contributed by atoms with Crippen LogP contribution < -0.4 is 0 Å². The molecule has 0 heterocycles. The molecule has 0 saturated heterocycles. The van der Waals surface area contributed by atoms with Crippen molar-refractivity contribution in [1.29, 1.82) is 0 Å². The van der Waals surface area contributed by atoms with Gasteiger partial charge in [0, 0.05) is 12.8 Å². The average Bonchev–Trinajstić information content (AvgIpc) is 3.06. The van der Waals surface area contributed by atoms with E-state index >= 15 is 0 Å². The van der Waals surface area contributed by atoms with Gasteiger partial charge in [-0.1, -0.05) is 147 Å². The number of aliphatic hydroxyl groups excluding tert-OH is 1. The third-order valence-corrected chi connectivity index (χ3v) is 8.35. The molecule has 0 amide bonds. The van der Waals surface area contributed by atoms with Gasteiger partial charge >= 0.3 is 11.9 Å². The summed E-state index contributed by atoms with van der Waals surface area (Å²) in [5, 5.41) is 10.0. The van der Waals surface area contributed by atoms with E-state index < -0.39 is 6.10 Å². The van der Waals surface area contributed by atoms with E-state index in [4.69, 9.17) is 9.47 Å². The molecule has 0 aromatic heterocycles. The minimum Gasteiger partial charge on any atom is -0.463 e. The lowest BCUT2D eigenvalue weighted by atomic mass is 10.1. The molecular formula is C41H74O5. The molecule has 0 aliphatic carbocycles. The molecule has 0 aromatic carbocycles. The normalized spacial score (nSPS) is 12.5. The highest BCUT2D eigenvalue weighted by Gasteiger charge is 2.12. The van der Waals surface area contributed by atoms with Crippen molar-refractivity contribution in [2.75, 3.05) is 13.2 Å². The lowest BCUT2D eigenvalue weighted by Gasteiger charge is -2.12. The number of hydrogen-bond acceptors (Lipinski definition) is 5. The van der Waals surface area contributed by atoms with E-state index in [1.807, 2.05) is 0 Å². The molecular weight excluding hydrogens is 572 g/mol. The maximum absolute atomic E-state index is 12.0. The Morgan fingerprint density at radius 3 is 1.17 bits per heavy atom. The van der Waals surface area contributed by atoms with Gasteiger partial charge in [-0.3, -0.25) is 9.59 Å². The number of aliphatic hydroxyl groups is 1. The van der Waals surface area contributed by atoms with Gasteiger partial charge in [-0.05, 0) is 70.6 Å². The SMILES string of the molecule is CCCCC/C=C\C/C=C\CCCCCCCCCC(=O)OC[C@H](O)COC(=O)CCCCCCC/C=C\CCCCCCCC. The maximum Gasteiger partial charge on any atom is 0.305 e. The molecule has 0 unspecified atom stereocenters. The number of unbranched alkanes of at least 4 members (excludes halogenated alkanes) is 21. The van der Waals surface area contributed by atoms with E-state index in [-0.39, 0.29) is 25.2 Å². The van der Waals surface area contributed by atoms with Crippen LogP contribution in [0.4, 0.5) is 0 Å². The first-order valence-electron chi connectivity index (χ1n) is 19.5. The Labute approximate surface area is 285 Å². The van der Waals surface area contributed by atoms with Gasteiger partial charge in [-0.15, -0.1) is 0 Å². The Balaban J connectivity index is 3.46. The first kappa shape index (κ1) is 44.1. The van der Waals surface area contributed by atoms with Crippen molar-refractivity contribution >= 4 is 11.9 Å². The van der Waals surface area contributed by atoms with Crippen LogP contribution in [-0.2, 0) is 19.1 Å². The number of allylic oxidation sites excluding steroid dienone is 6. The molecule has 5 heteroatoms. The summed E-state index contributed by atoms with van der Waals surface area (Å²) in [6.45, 7) is 4.26. The summed E-state index contributed by atoms with van der Waals surface area (Å²) < 4.78 is 10.3. The Morgan fingerprint density at radius 2 is 0.761 bits per heavy atom. The third kappa shape index (κ3) is 36.6. The quantitative estimate of drug-likeness (QED) is 0.0421. The van der Waals surface area contributed by atoms with Gasteiger partial charge in [-0.2, -0.15) is 0 Å². The molecule has 0 saturated carbocycles. The molecule has 0 aromatic rings. The Hall–Kier alpha value is -1.88. The van der Waals surface area contributed by atoms with Gasteiger partial charge in [0.05, 0.1) is 0 Å². The molecule has 1 atom stereocenters. The molecule has 1 N–H and O–H groups in total. The van der Waals surface area contributed by atoms with Gasteiger partial charge in [0.15, 0.2) is 0 Å². The summed E-state index contributed by atoms with van der Waals surface area (Å²) in [4.78, 5) is 23.9. The molecule has 268 valence electrons. The van der Waals surface area contributed by atoms with Crippen LogP contribution in [0.2, 0.25) is 0 Å². The minimum atomic E-state index is -0.969. The van der Waals surface area contributed by atoms with Crippen LogP contribution in [0.25, 0.3) is 0 Å². The Kier molecular flexibility index (Phi) is 36.0. The Bertz CT molecular complexity index is 741. The summed E-state index contributed by atoms with van der Waals surface area (Å²) in [6.07, 6.45) is 44.8. The van der Waals surface area contributed by atoms with Gasteiger partial charge in [0.2, 0.25) is 0 Å². The zero-order valence-corrected chi connectivity index (χ0v) is 30.3. The topological polar surface area (TPSA) is 72.8 Å². The van der Waals surface area contributed by atoms with Crippen LogP contribution in [-0.4, -0.2) is 36.4 Å². The van der Waals surface area contributed by atoms with Gasteiger partial charge in [-0.25, -0.2) is 0 Å². The second-order valence-electron chi connectivity index (χ2n) is 13.0. The predicted molar refractivity (Wildman–Crippen MR) is 196 cm³/mol. The number of esters is 2. The van der Waals surface area contributed by atoms with Crippen molar-refractivity contribution in [1.82, 2.24) is 0 Å². The number of carbonyl (C=O) groups excluding carboxylic acids is 2. The lowest BCUT2D eigenvalue weighted by molar-refractivity contribution is -0.152. The van der Waals surface area contributed by atoms with Gasteiger partial charge in [0.25, 0.3) is 0 Å². The highest BCUT2D eigenvalue weighted by Crippen LogP contribution is 2.12. The number of rotatable bonds is 35. The first-order chi connectivity index (χ1) is 22.6. The summed E-state index contributed by atoms with van der Waals surface area (Å²) >= 11 is 0. The fourth-order valence-corrected chi connectivity index (χ4v) is 5.35. The molecule has 46 heavy (non-hydrogen) atoms. The van der Waals surface area contributed by atoms with E-state index in [1.54, 1.807) is 0 Å². The zero-order valence-electron chi connectivity index (χ0n) is 30.3. The van der Waals surface area contributed by atoms with Crippen LogP contribution >= 0.6 is 0 Å². The second kappa shape index (κ2) is 37.6. The van der Waals surface area contributed by atoms with Gasteiger partial charge in [0.1, 0.15) is 19.3 Å². The van der Waals surface area contributed by atoms with Crippen LogP contribution in [0, 0.1) is 0 Å². The molecule has 0 radical (unpaired) electrons. The maximum atomic E-state index is 12.0. The molecule has 5 nitrogen and oxygen atoms in total. The van der Waals surface area contributed by atoms with Gasteiger partial charge < -0.3 is 14.6 Å². The van der Waals surface area contributed by atoms with Crippen molar-refractivity contribution in [2.24, 2.45) is 0 Å². The smallest absolute Gasteiger partial charge is 0.305 e. The zero-order chi connectivity index (χ0) is 33.6. The van der Waals surface area contributed by atoms with Crippen molar-refractivity contribution in [3.8, 4) is 0 Å². The summed E-state index contributed by atoms with van der Waals surface area (Å²) in [7, 11) is 0. The van der Waals surface area contributed by atoms with E-state index in [1.165, 1.54) is 116 Å². The highest BCUT2D eigenvalue weighted by atomic mass is 16.6. The second-order valence-corrected chi connectivity index (χ2v) is 13.0. The van der Waals surface area contributed by atoms with Crippen molar-refractivity contribution in [3.05, 3.63) is 36.5 Å². The first-order valence-corrected chi connectivity index (χ1v) is 19.5. The average molecular weight is 647 g/mol. The van der Waals surface area contributed by atoms with Crippen LogP contribution in [0.15, 0.2) is 36.5 Å². The van der Waals surface area contributed by atoms with Crippen LogP contribution in [0.1, 0.15) is 194 Å². The molecule has 0 rings (SSSR count). The van der Waals surface area contributed by atoms with Crippen molar-refractivity contribution < 1.29 is 24.2 Å². The van der Waals surface area contributed by atoms with Crippen LogP contribution in [0.5, 0.6) is 0 Å². The summed E-state index contributed by atoms with van der Waals surface area (Å²) in [5.41, 5.74) is 0. The summed E-state index contributed by atoms with van der Waals surface area (Å²) in [6, 6.07) is 0. The fourth-order valence-electron chi connectivity index (χ4n) is 5.35. The Morgan fingerprint density at radius 1 is 0.457 bits per heavy atom. The largest absolute Gasteiger partial charge is 0.463 e. The standard InChI is InChI=1S/C41H74O5/c1-3-5-7-9-11-13-15-17-19-20-22-24-26-28-30-32-34-36-41(44)46-38-39(42)37-45-40(43)35-33-31-29-27-25-23-21-18-16-14-12-10-8-6-4-2/h11,13,17-19,21,39,42H,3-10,12,14-16,20,22-38H2,1-2H3/b13-11-,19-17-,21-18-/t39-/m1/s1. The monoisotopic (exact) mass is 647 g/mol. The molecule has 0 bridgehead atoms. The van der Waals surface area contributed by atoms with Crippen molar-refractivity contribution in [3.63, 3.8) is 0 Å². The van der Waals surface area contributed by atoms with Crippen molar-refractivity contribution in [2.45, 2.75) is 200 Å². The number of ether oxygens (including phenoxy) is 2. The lowest BCUT2D eigenvalue weighted by Crippen LogP contribution is -2.25.